The largest absolute Gasteiger partial charge is 0.386 e. The highest BCUT2D eigenvalue weighted by atomic mass is 35.5. The first kappa shape index (κ1) is 21.3. The fraction of sp³-hybridized carbons (Fsp3) is 0.450. The van der Waals surface area contributed by atoms with Crippen molar-refractivity contribution in [2.24, 2.45) is 10.7 Å². The zero-order valence-corrected chi connectivity index (χ0v) is 18.9. The van der Waals surface area contributed by atoms with Gasteiger partial charge >= 0.3 is 0 Å². The first-order chi connectivity index (χ1) is 14.2. The van der Waals surface area contributed by atoms with E-state index >= 15 is 0 Å². The molecule has 1 atom stereocenters. The lowest BCUT2D eigenvalue weighted by Gasteiger charge is -2.40. The van der Waals surface area contributed by atoms with Gasteiger partial charge in [0.1, 0.15) is 16.6 Å². The number of nitrogens with two attached hydrogens (primary N) is 1. The lowest BCUT2D eigenvalue weighted by atomic mass is 9.87. The molecule has 2 aromatic rings. The third-order valence-corrected chi connectivity index (χ3v) is 9.99. The summed E-state index contributed by atoms with van der Waals surface area (Å²) < 4.78 is 25.3. The molecule has 1 aliphatic heterocycles. The number of amides is 1. The van der Waals surface area contributed by atoms with E-state index in [2.05, 4.69) is 15.3 Å². The van der Waals surface area contributed by atoms with Crippen molar-refractivity contribution in [2.75, 3.05) is 11.1 Å². The van der Waals surface area contributed by atoms with Crippen LogP contribution in [0.3, 0.4) is 0 Å². The van der Waals surface area contributed by atoms with Crippen LogP contribution in [0.25, 0.3) is 0 Å². The number of anilines is 1. The minimum absolute atomic E-state index is 0.142. The quantitative estimate of drug-likeness (QED) is 0.712. The Labute approximate surface area is 184 Å². The van der Waals surface area contributed by atoms with Gasteiger partial charge in [-0.3, -0.25) is 14.8 Å². The van der Waals surface area contributed by atoms with Crippen LogP contribution in [0.15, 0.2) is 29.5 Å². The number of aromatic nitrogens is 1. The van der Waals surface area contributed by atoms with Gasteiger partial charge < -0.3 is 11.1 Å². The van der Waals surface area contributed by atoms with Gasteiger partial charge in [0, 0.05) is 11.1 Å². The lowest BCUT2D eigenvalue weighted by Crippen LogP contribution is -2.55. The maximum absolute atomic E-state index is 13.2. The summed E-state index contributed by atoms with van der Waals surface area (Å²) in [6.07, 6.45) is 6.97. The fourth-order valence-corrected chi connectivity index (χ4v) is 7.98. The van der Waals surface area contributed by atoms with Crippen LogP contribution >= 0.6 is 22.9 Å². The van der Waals surface area contributed by atoms with Crippen LogP contribution < -0.4 is 11.1 Å². The SMILES string of the molecule is Cc1cncc(NC(=O)c2cc(Cl)c([C@@H]3CS(=O)(=O)C4(CCCCC4)C(N)=N3)s2)c1. The molecular weight excluding hydrogens is 444 g/mol. The van der Waals surface area contributed by atoms with Crippen LogP contribution in [0, 0.1) is 6.92 Å². The molecule has 7 nitrogen and oxygen atoms in total. The highest BCUT2D eigenvalue weighted by Gasteiger charge is 2.51. The molecule has 0 saturated heterocycles. The number of aryl methyl sites for hydroxylation is 1. The lowest BCUT2D eigenvalue weighted by molar-refractivity contribution is 0.103. The number of thiophene rings is 1. The summed E-state index contributed by atoms with van der Waals surface area (Å²) in [5.74, 6) is -0.295. The Hall–Kier alpha value is -1.97. The van der Waals surface area contributed by atoms with Crippen molar-refractivity contribution in [3.05, 3.63) is 44.9 Å². The van der Waals surface area contributed by atoms with E-state index in [-0.39, 0.29) is 17.5 Å². The van der Waals surface area contributed by atoms with E-state index in [9.17, 15) is 13.2 Å². The van der Waals surface area contributed by atoms with E-state index in [0.717, 1.165) is 36.2 Å². The molecule has 0 aromatic carbocycles. The number of carbonyl (C=O) groups excluding carboxylic acids is 1. The number of carbonyl (C=O) groups is 1. The molecular formula is C20H23ClN4O3S2. The Morgan fingerprint density at radius 2 is 2.00 bits per heavy atom. The van der Waals surface area contributed by atoms with E-state index in [0.29, 0.717) is 33.3 Å². The summed E-state index contributed by atoms with van der Waals surface area (Å²) in [5.41, 5.74) is 7.73. The number of sulfone groups is 1. The normalized spacial score (nSPS) is 22.5. The maximum Gasteiger partial charge on any atom is 0.265 e. The van der Waals surface area contributed by atoms with Crippen LogP contribution in [0.4, 0.5) is 5.69 Å². The average molecular weight is 467 g/mol. The van der Waals surface area contributed by atoms with Gasteiger partial charge in [-0.05, 0) is 37.5 Å². The second-order valence-corrected chi connectivity index (χ2v) is 11.7. The van der Waals surface area contributed by atoms with Gasteiger partial charge in [0.2, 0.25) is 0 Å². The van der Waals surface area contributed by atoms with Gasteiger partial charge in [-0.1, -0.05) is 30.9 Å². The van der Waals surface area contributed by atoms with Crippen molar-refractivity contribution in [3.63, 3.8) is 0 Å². The molecule has 1 amide bonds. The van der Waals surface area contributed by atoms with E-state index in [4.69, 9.17) is 17.3 Å². The predicted octanol–water partition coefficient (Wildman–Crippen LogP) is 3.89. The second-order valence-electron chi connectivity index (χ2n) is 7.89. The van der Waals surface area contributed by atoms with Crippen LogP contribution in [0.5, 0.6) is 0 Å². The molecule has 1 saturated carbocycles. The van der Waals surface area contributed by atoms with Crippen LogP contribution in [0.2, 0.25) is 5.02 Å². The molecule has 160 valence electrons. The third-order valence-electron chi connectivity index (χ3n) is 5.77. The number of aliphatic imine (C=N–C) groups is 1. The number of rotatable bonds is 3. The zero-order chi connectivity index (χ0) is 21.5. The smallest absolute Gasteiger partial charge is 0.265 e. The summed E-state index contributed by atoms with van der Waals surface area (Å²) in [6.45, 7) is 1.88. The first-order valence-corrected chi connectivity index (χ1v) is 12.6. The van der Waals surface area contributed by atoms with Crippen molar-refractivity contribution < 1.29 is 13.2 Å². The zero-order valence-electron chi connectivity index (χ0n) is 16.5. The third kappa shape index (κ3) is 3.74. The fourth-order valence-electron chi connectivity index (χ4n) is 4.21. The van der Waals surface area contributed by atoms with Crippen molar-refractivity contribution >= 4 is 50.2 Å². The number of amidine groups is 1. The molecule has 3 heterocycles. The highest BCUT2D eigenvalue weighted by molar-refractivity contribution is 7.93. The van der Waals surface area contributed by atoms with Crippen LogP contribution in [-0.4, -0.2) is 35.6 Å². The molecule has 2 aliphatic rings. The van der Waals surface area contributed by atoms with Crippen molar-refractivity contribution in [1.82, 2.24) is 4.98 Å². The van der Waals surface area contributed by atoms with Gasteiger partial charge in [0.15, 0.2) is 9.84 Å². The topological polar surface area (TPSA) is 115 Å². The van der Waals surface area contributed by atoms with Crippen LogP contribution in [-0.2, 0) is 9.84 Å². The Kier molecular flexibility index (Phi) is 5.63. The summed E-state index contributed by atoms with van der Waals surface area (Å²) in [4.78, 5) is 22.2. The Bertz CT molecular complexity index is 1120. The van der Waals surface area contributed by atoms with Gasteiger partial charge in [-0.15, -0.1) is 11.3 Å². The van der Waals surface area contributed by atoms with Gasteiger partial charge in [-0.2, -0.15) is 0 Å². The monoisotopic (exact) mass is 466 g/mol. The van der Waals surface area contributed by atoms with E-state index in [1.165, 1.54) is 0 Å². The van der Waals surface area contributed by atoms with Crippen molar-refractivity contribution in [1.29, 1.82) is 0 Å². The molecule has 4 rings (SSSR count). The molecule has 0 radical (unpaired) electrons. The van der Waals surface area contributed by atoms with Gasteiger partial charge in [0.25, 0.3) is 5.91 Å². The Balaban J connectivity index is 1.61. The van der Waals surface area contributed by atoms with E-state index in [1.807, 2.05) is 13.0 Å². The highest BCUT2D eigenvalue weighted by Crippen LogP contribution is 2.44. The summed E-state index contributed by atoms with van der Waals surface area (Å²) in [6, 6.07) is 2.66. The minimum atomic E-state index is -3.49. The first-order valence-electron chi connectivity index (χ1n) is 9.80. The Morgan fingerprint density at radius 3 is 2.67 bits per heavy atom. The molecule has 1 spiro atoms. The molecule has 1 fully saturated rings. The maximum atomic E-state index is 13.2. The molecule has 1 aliphatic carbocycles. The molecule has 2 aromatic heterocycles. The number of nitrogens with zero attached hydrogens (tertiary/aromatic N) is 2. The average Bonchev–Trinajstić information content (AvgIpc) is 3.09. The summed E-state index contributed by atoms with van der Waals surface area (Å²) >= 11 is 7.53. The molecule has 0 bridgehead atoms. The number of hydrogen-bond acceptors (Lipinski definition) is 7. The van der Waals surface area contributed by atoms with Crippen LogP contribution in [0.1, 0.15) is 58.3 Å². The molecule has 10 heteroatoms. The predicted molar refractivity (Wildman–Crippen MR) is 120 cm³/mol. The van der Waals surface area contributed by atoms with Gasteiger partial charge in [-0.25, -0.2) is 8.42 Å². The Morgan fingerprint density at radius 1 is 1.27 bits per heavy atom. The number of pyridine rings is 1. The van der Waals surface area contributed by atoms with Crippen molar-refractivity contribution in [3.8, 4) is 0 Å². The minimum Gasteiger partial charge on any atom is -0.386 e. The number of halogens is 1. The number of nitrogens with one attached hydrogen (secondary N) is 1. The summed E-state index contributed by atoms with van der Waals surface area (Å²) in [7, 11) is -3.49. The van der Waals surface area contributed by atoms with E-state index in [1.54, 1.807) is 18.5 Å². The second kappa shape index (κ2) is 7.94. The molecule has 30 heavy (non-hydrogen) atoms. The van der Waals surface area contributed by atoms with Crippen molar-refractivity contribution in [2.45, 2.75) is 49.8 Å². The van der Waals surface area contributed by atoms with E-state index < -0.39 is 20.6 Å². The molecule has 0 unspecified atom stereocenters. The standard InChI is InChI=1S/C20H23ClN4O3S2/c1-12-7-13(10-23-9-12)24-18(26)16-8-14(21)17(29-16)15-11-30(27,28)20(19(22)25-15)5-3-2-4-6-20/h7-10,15H,2-6,11H2,1H3,(H2,22,25)(H,24,26)/t15-/m0/s1. The van der Waals surface area contributed by atoms with Gasteiger partial charge in [0.05, 0.1) is 27.5 Å². The summed E-state index contributed by atoms with van der Waals surface area (Å²) in [5, 5.41) is 3.11. The molecule has 3 N–H and O–H groups in total. The number of hydrogen-bond donors (Lipinski definition) is 2.